The first-order chi connectivity index (χ1) is 12.9. The number of hydrogen-bond acceptors (Lipinski definition) is 5. The number of anilines is 1. The molecule has 0 aliphatic carbocycles. The van der Waals surface area contributed by atoms with Crippen molar-refractivity contribution in [2.75, 3.05) is 24.6 Å². The molecule has 1 aromatic carbocycles. The predicted octanol–water partition coefficient (Wildman–Crippen LogP) is 3.19. The first kappa shape index (κ1) is 15.8. The molecule has 2 fully saturated rings. The van der Waals surface area contributed by atoms with Gasteiger partial charge < -0.3 is 9.64 Å². The van der Waals surface area contributed by atoms with Crippen LogP contribution in [0.1, 0.15) is 25.7 Å². The standard InChI is InChI=1S/C20H23N5O/c1-2-5-15(6-3-1)17-13-19(25-20(23-17)21-14-22-25)24-10-8-16(9-11-24)18-7-4-12-26-18/h1-3,5-6,13-14,16,18H,4,7-12H2. The van der Waals surface area contributed by atoms with E-state index in [0.717, 1.165) is 36.8 Å². The van der Waals surface area contributed by atoms with Crippen LogP contribution in [0.3, 0.4) is 0 Å². The first-order valence-electron chi connectivity index (χ1n) is 9.51. The van der Waals surface area contributed by atoms with E-state index in [2.05, 4.69) is 38.2 Å². The molecule has 3 aromatic rings. The lowest BCUT2D eigenvalue weighted by atomic mass is 9.90. The van der Waals surface area contributed by atoms with Crippen molar-refractivity contribution in [2.24, 2.45) is 5.92 Å². The van der Waals surface area contributed by atoms with Gasteiger partial charge in [-0.3, -0.25) is 0 Å². The Kier molecular flexibility index (Phi) is 4.05. The molecule has 5 rings (SSSR count). The van der Waals surface area contributed by atoms with Gasteiger partial charge in [-0.05, 0) is 31.6 Å². The number of ether oxygens (including phenoxy) is 1. The lowest BCUT2D eigenvalue weighted by Gasteiger charge is -2.35. The molecule has 2 aliphatic rings. The molecule has 6 nitrogen and oxygen atoms in total. The topological polar surface area (TPSA) is 55.6 Å². The van der Waals surface area contributed by atoms with E-state index in [4.69, 9.17) is 4.74 Å². The van der Waals surface area contributed by atoms with Crippen molar-refractivity contribution in [3.63, 3.8) is 0 Å². The largest absolute Gasteiger partial charge is 0.378 e. The molecule has 0 amide bonds. The van der Waals surface area contributed by atoms with E-state index in [1.165, 1.54) is 25.7 Å². The summed E-state index contributed by atoms with van der Waals surface area (Å²) >= 11 is 0. The summed E-state index contributed by atoms with van der Waals surface area (Å²) in [6.45, 7) is 2.99. The molecule has 0 N–H and O–H groups in total. The van der Waals surface area contributed by atoms with Gasteiger partial charge in [-0.2, -0.15) is 14.6 Å². The van der Waals surface area contributed by atoms with E-state index in [-0.39, 0.29) is 0 Å². The van der Waals surface area contributed by atoms with Gasteiger partial charge in [0.2, 0.25) is 0 Å². The summed E-state index contributed by atoms with van der Waals surface area (Å²) in [5.74, 6) is 2.43. The summed E-state index contributed by atoms with van der Waals surface area (Å²) in [5, 5.41) is 4.40. The third kappa shape index (κ3) is 2.84. The number of hydrogen-bond donors (Lipinski definition) is 0. The van der Waals surface area contributed by atoms with Crippen molar-refractivity contribution in [1.82, 2.24) is 19.6 Å². The molecule has 0 bridgehead atoms. The third-order valence-corrected chi connectivity index (χ3v) is 5.66. The van der Waals surface area contributed by atoms with Crippen molar-refractivity contribution in [3.8, 4) is 11.3 Å². The van der Waals surface area contributed by atoms with E-state index >= 15 is 0 Å². The van der Waals surface area contributed by atoms with E-state index < -0.39 is 0 Å². The Morgan fingerprint density at radius 1 is 1.04 bits per heavy atom. The summed E-state index contributed by atoms with van der Waals surface area (Å²) in [6.07, 6.45) is 6.84. The molecular formula is C20H23N5O. The zero-order valence-corrected chi connectivity index (χ0v) is 14.8. The van der Waals surface area contributed by atoms with Gasteiger partial charge in [-0.1, -0.05) is 30.3 Å². The van der Waals surface area contributed by atoms with Crippen LogP contribution >= 0.6 is 0 Å². The van der Waals surface area contributed by atoms with Crippen LogP contribution in [-0.2, 0) is 4.74 Å². The molecule has 2 aromatic heterocycles. The van der Waals surface area contributed by atoms with Crippen LogP contribution in [0, 0.1) is 5.92 Å². The molecule has 4 heterocycles. The molecule has 1 unspecified atom stereocenters. The highest BCUT2D eigenvalue weighted by molar-refractivity contribution is 5.65. The first-order valence-corrected chi connectivity index (χ1v) is 9.51. The summed E-state index contributed by atoms with van der Waals surface area (Å²) < 4.78 is 7.77. The van der Waals surface area contributed by atoms with Gasteiger partial charge in [0, 0.05) is 31.3 Å². The second-order valence-electron chi connectivity index (χ2n) is 7.21. The maximum Gasteiger partial charge on any atom is 0.254 e. The molecule has 2 aliphatic heterocycles. The Balaban J connectivity index is 1.44. The Morgan fingerprint density at radius 2 is 1.88 bits per heavy atom. The summed E-state index contributed by atoms with van der Waals surface area (Å²) in [6, 6.07) is 12.4. The van der Waals surface area contributed by atoms with Gasteiger partial charge in [0.05, 0.1) is 11.8 Å². The Hall–Kier alpha value is -2.47. The average molecular weight is 349 g/mol. The second kappa shape index (κ2) is 6.68. The fraction of sp³-hybridized carbons (Fsp3) is 0.450. The minimum atomic E-state index is 0.473. The van der Waals surface area contributed by atoms with Crippen molar-refractivity contribution >= 4 is 11.6 Å². The molecule has 26 heavy (non-hydrogen) atoms. The molecule has 0 radical (unpaired) electrons. The number of rotatable bonds is 3. The minimum Gasteiger partial charge on any atom is -0.378 e. The van der Waals surface area contributed by atoms with Crippen LogP contribution in [0.5, 0.6) is 0 Å². The quantitative estimate of drug-likeness (QED) is 0.727. The van der Waals surface area contributed by atoms with Crippen LogP contribution in [0.4, 0.5) is 5.82 Å². The van der Waals surface area contributed by atoms with Crippen molar-refractivity contribution in [1.29, 1.82) is 0 Å². The lowest BCUT2D eigenvalue weighted by molar-refractivity contribution is 0.0531. The fourth-order valence-corrected chi connectivity index (χ4v) is 4.25. The van der Waals surface area contributed by atoms with Gasteiger partial charge in [0.15, 0.2) is 0 Å². The minimum absolute atomic E-state index is 0.473. The van der Waals surface area contributed by atoms with Crippen molar-refractivity contribution < 1.29 is 4.74 Å². The zero-order valence-electron chi connectivity index (χ0n) is 14.8. The SMILES string of the molecule is c1ccc(-c2cc(N3CCC(C4CCCO4)CC3)n3ncnc3n2)cc1. The van der Waals surface area contributed by atoms with Gasteiger partial charge in [0.1, 0.15) is 12.1 Å². The second-order valence-corrected chi connectivity index (χ2v) is 7.21. The highest BCUT2D eigenvalue weighted by Crippen LogP contribution is 2.32. The van der Waals surface area contributed by atoms with Gasteiger partial charge >= 0.3 is 0 Å². The van der Waals surface area contributed by atoms with E-state index in [0.29, 0.717) is 17.8 Å². The molecule has 134 valence electrons. The molecular weight excluding hydrogens is 326 g/mol. The summed E-state index contributed by atoms with van der Waals surface area (Å²) in [5.41, 5.74) is 2.05. The van der Waals surface area contributed by atoms with Gasteiger partial charge in [0.25, 0.3) is 5.78 Å². The van der Waals surface area contributed by atoms with Crippen LogP contribution in [0.25, 0.3) is 17.0 Å². The van der Waals surface area contributed by atoms with Gasteiger partial charge in [-0.25, -0.2) is 4.98 Å². The maximum absolute atomic E-state index is 5.91. The van der Waals surface area contributed by atoms with Crippen molar-refractivity contribution in [2.45, 2.75) is 31.8 Å². The Labute approximate surface area is 152 Å². The molecule has 0 spiro atoms. The number of piperidine rings is 1. The number of nitrogens with zero attached hydrogens (tertiary/aromatic N) is 5. The number of benzene rings is 1. The van der Waals surface area contributed by atoms with Crippen molar-refractivity contribution in [3.05, 3.63) is 42.7 Å². The van der Waals surface area contributed by atoms with E-state index in [1.807, 2.05) is 22.7 Å². The fourth-order valence-electron chi connectivity index (χ4n) is 4.25. The molecule has 2 saturated heterocycles. The molecule has 0 saturated carbocycles. The highest BCUT2D eigenvalue weighted by atomic mass is 16.5. The van der Waals surface area contributed by atoms with Crippen LogP contribution in [0.15, 0.2) is 42.7 Å². The number of aromatic nitrogens is 4. The smallest absolute Gasteiger partial charge is 0.254 e. The predicted molar refractivity (Wildman–Crippen MR) is 100 cm³/mol. The normalized spacial score (nSPS) is 21.5. The monoisotopic (exact) mass is 349 g/mol. The van der Waals surface area contributed by atoms with Crippen LogP contribution in [0.2, 0.25) is 0 Å². The van der Waals surface area contributed by atoms with Crippen LogP contribution < -0.4 is 4.90 Å². The summed E-state index contributed by atoms with van der Waals surface area (Å²) in [7, 11) is 0. The lowest BCUT2D eigenvalue weighted by Crippen LogP contribution is -2.38. The van der Waals surface area contributed by atoms with Crippen LogP contribution in [-0.4, -0.2) is 45.4 Å². The number of fused-ring (bicyclic) bond motifs is 1. The Morgan fingerprint density at radius 3 is 2.65 bits per heavy atom. The van der Waals surface area contributed by atoms with E-state index in [9.17, 15) is 0 Å². The van der Waals surface area contributed by atoms with Gasteiger partial charge in [-0.15, -0.1) is 0 Å². The highest BCUT2D eigenvalue weighted by Gasteiger charge is 2.30. The third-order valence-electron chi connectivity index (χ3n) is 5.66. The zero-order chi connectivity index (χ0) is 17.3. The molecule has 1 atom stereocenters. The maximum atomic E-state index is 5.91. The average Bonchev–Trinajstić information content (AvgIpc) is 3.40. The van der Waals surface area contributed by atoms with E-state index in [1.54, 1.807) is 6.33 Å². The Bertz CT molecular complexity index is 880. The summed E-state index contributed by atoms with van der Waals surface area (Å²) in [4.78, 5) is 11.4. The molecule has 6 heteroatoms.